The molecule has 1 saturated carbocycles. The van der Waals surface area contributed by atoms with Gasteiger partial charge in [-0.25, -0.2) is 4.79 Å². The van der Waals surface area contributed by atoms with Gasteiger partial charge in [0.05, 0.1) is 10.0 Å². The Bertz CT molecular complexity index is 811. The molecule has 2 fully saturated rings. The van der Waals surface area contributed by atoms with Gasteiger partial charge in [-0.05, 0) is 48.8 Å². The lowest BCUT2D eigenvalue weighted by molar-refractivity contribution is -0.136. The number of benzene rings is 1. The highest BCUT2D eigenvalue weighted by molar-refractivity contribution is 6.42. The van der Waals surface area contributed by atoms with Crippen molar-refractivity contribution in [2.24, 2.45) is 11.3 Å². The van der Waals surface area contributed by atoms with E-state index in [1.807, 2.05) is 0 Å². The van der Waals surface area contributed by atoms with Gasteiger partial charge in [-0.15, -0.1) is 0 Å². The minimum Gasteiger partial charge on any atom is -0.324 e. The third kappa shape index (κ3) is 4.06. The normalized spacial score (nSPS) is 27.0. The number of nitrogens with one attached hydrogen (secondary N) is 2. The maximum atomic E-state index is 13.0. The summed E-state index contributed by atoms with van der Waals surface area (Å²) in [6.45, 7) is 5.94. The summed E-state index contributed by atoms with van der Waals surface area (Å²) in [5.74, 6) is -0.489. The summed E-state index contributed by atoms with van der Waals surface area (Å²) in [5.41, 5.74) is -0.523. The molecule has 0 aromatic heterocycles. The van der Waals surface area contributed by atoms with Crippen LogP contribution in [0.2, 0.25) is 10.0 Å². The molecule has 1 aliphatic carbocycles. The minimum atomic E-state index is -0.915. The summed E-state index contributed by atoms with van der Waals surface area (Å²) >= 11 is 11.8. The van der Waals surface area contributed by atoms with Gasteiger partial charge in [-0.1, -0.05) is 44.0 Å². The Morgan fingerprint density at radius 1 is 1.26 bits per heavy atom. The number of halogens is 2. The van der Waals surface area contributed by atoms with E-state index in [1.54, 1.807) is 12.1 Å². The van der Waals surface area contributed by atoms with Crippen LogP contribution in [0.1, 0.15) is 40.0 Å². The largest absolute Gasteiger partial charge is 0.325 e. The lowest BCUT2D eigenvalue weighted by atomic mass is 9.64. The third-order valence-electron chi connectivity index (χ3n) is 5.13. The second-order valence-corrected chi connectivity index (χ2v) is 9.25. The Hall–Kier alpha value is -1.79. The number of hydrogen-bond donors (Lipinski definition) is 2. The summed E-state index contributed by atoms with van der Waals surface area (Å²) in [6, 6.07) is 4.16. The molecule has 4 amide bonds. The molecule has 2 aliphatic rings. The summed E-state index contributed by atoms with van der Waals surface area (Å²) < 4.78 is 0. The molecular formula is C19H23Cl2N3O3. The highest BCUT2D eigenvalue weighted by atomic mass is 35.5. The molecule has 3 rings (SSSR count). The summed E-state index contributed by atoms with van der Waals surface area (Å²) in [6.07, 6.45) is 2.15. The summed E-state index contributed by atoms with van der Waals surface area (Å²) in [4.78, 5) is 38.8. The van der Waals surface area contributed by atoms with E-state index < -0.39 is 17.5 Å². The quantitative estimate of drug-likeness (QED) is 0.735. The van der Waals surface area contributed by atoms with Crippen LogP contribution in [0, 0.1) is 11.3 Å². The van der Waals surface area contributed by atoms with Crippen LogP contribution < -0.4 is 10.6 Å². The Morgan fingerprint density at radius 2 is 1.96 bits per heavy atom. The lowest BCUT2D eigenvalue weighted by Gasteiger charge is -2.43. The molecule has 1 aliphatic heterocycles. The molecule has 0 bridgehead atoms. The van der Waals surface area contributed by atoms with Crippen LogP contribution in [0.4, 0.5) is 10.5 Å². The van der Waals surface area contributed by atoms with Crippen molar-refractivity contribution in [1.82, 2.24) is 10.2 Å². The molecule has 1 saturated heterocycles. The van der Waals surface area contributed by atoms with E-state index in [0.717, 1.165) is 11.3 Å². The van der Waals surface area contributed by atoms with Crippen molar-refractivity contribution in [1.29, 1.82) is 0 Å². The number of hydrogen-bond acceptors (Lipinski definition) is 3. The first kappa shape index (κ1) is 20.0. The Kier molecular flexibility index (Phi) is 5.16. The van der Waals surface area contributed by atoms with Crippen molar-refractivity contribution >= 4 is 46.7 Å². The number of rotatable bonds is 3. The average Bonchev–Trinajstić information content (AvgIpc) is 2.72. The van der Waals surface area contributed by atoms with Gasteiger partial charge in [-0.3, -0.25) is 14.5 Å². The first-order valence-electron chi connectivity index (χ1n) is 8.90. The van der Waals surface area contributed by atoms with Crippen molar-refractivity contribution in [2.45, 2.75) is 45.6 Å². The van der Waals surface area contributed by atoms with Crippen LogP contribution in [0.15, 0.2) is 18.2 Å². The predicted octanol–water partition coefficient (Wildman–Crippen LogP) is 4.07. The molecule has 8 heteroatoms. The fraction of sp³-hybridized carbons (Fsp3) is 0.526. The standard InChI is InChI=1S/C19H23Cl2N3O3/c1-11-7-18(2,3)10-19(8-11)16(26)24(17(27)23-19)9-15(25)22-12-4-5-13(20)14(21)6-12/h4-6,11H,7-10H2,1-3H3,(H,22,25)(H,23,27). The summed E-state index contributed by atoms with van der Waals surface area (Å²) in [5, 5.41) is 6.18. The maximum Gasteiger partial charge on any atom is 0.325 e. The molecule has 1 aromatic carbocycles. The van der Waals surface area contributed by atoms with Crippen molar-refractivity contribution in [2.75, 3.05) is 11.9 Å². The van der Waals surface area contributed by atoms with Gasteiger partial charge in [0.15, 0.2) is 0 Å². The van der Waals surface area contributed by atoms with E-state index in [-0.39, 0.29) is 17.9 Å². The zero-order chi connectivity index (χ0) is 20.0. The van der Waals surface area contributed by atoms with Gasteiger partial charge < -0.3 is 10.6 Å². The molecule has 146 valence electrons. The molecule has 0 radical (unpaired) electrons. The van der Waals surface area contributed by atoms with Crippen molar-refractivity contribution in [3.8, 4) is 0 Å². The van der Waals surface area contributed by atoms with Crippen LogP contribution in [0.25, 0.3) is 0 Å². The van der Waals surface area contributed by atoms with Crippen LogP contribution in [0.5, 0.6) is 0 Å². The fourth-order valence-corrected chi connectivity index (χ4v) is 4.87. The topological polar surface area (TPSA) is 78.5 Å². The van der Waals surface area contributed by atoms with Gasteiger partial charge in [-0.2, -0.15) is 0 Å². The van der Waals surface area contributed by atoms with Gasteiger partial charge >= 0.3 is 6.03 Å². The van der Waals surface area contributed by atoms with Gasteiger partial charge in [0, 0.05) is 5.69 Å². The molecule has 1 spiro atoms. The van der Waals surface area contributed by atoms with E-state index in [9.17, 15) is 14.4 Å². The molecular weight excluding hydrogens is 389 g/mol. The number of urea groups is 1. The van der Waals surface area contributed by atoms with Crippen LogP contribution >= 0.6 is 23.2 Å². The number of carbonyl (C=O) groups is 3. The highest BCUT2D eigenvalue weighted by Gasteiger charge is 2.56. The van der Waals surface area contributed by atoms with Crippen molar-refractivity contribution in [3.05, 3.63) is 28.2 Å². The number of amides is 4. The second-order valence-electron chi connectivity index (χ2n) is 8.44. The minimum absolute atomic E-state index is 0.0566. The van der Waals surface area contributed by atoms with E-state index in [1.165, 1.54) is 6.07 Å². The number of anilines is 1. The van der Waals surface area contributed by atoms with E-state index in [4.69, 9.17) is 23.2 Å². The molecule has 2 atom stereocenters. The van der Waals surface area contributed by atoms with Crippen LogP contribution in [-0.4, -0.2) is 34.8 Å². The molecule has 27 heavy (non-hydrogen) atoms. The summed E-state index contributed by atoms with van der Waals surface area (Å²) in [7, 11) is 0. The Labute approximate surface area is 168 Å². The number of nitrogens with zero attached hydrogens (tertiary/aromatic N) is 1. The third-order valence-corrected chi connectivity index (χ3v) is 5.87. The monoisotopic (exact) mass is 411 g/mol. The SMILES string of the molecule is CC1CC(C)(C)CC2(C1)NC(=O)N(CC(=O)Nc1ccc(Cl)c(Cl)c1)C2=O. The average molecular weight is 412 g/mol. The van der Waals surface area contributed by atoms with Gasteiger partial charge in [0.25, 0.3) is 5.91 Å². The van der Waals surface area contributed by atoms with Crippen LogP contribution in [-0.2, 0) is 9.59 Å². The zero-order valence-electron chi connectivity index (χ0n) is 15.6. The van der Waals surface area contributed by atoms with E-state index in [0.29, 0.717) is 34.5 Å². The predicted molar refractivity (Wildman–Crippen MR) is 105 cm³/mol. The second kappa shape index (κ2) is 6.99. The zero-order valence-corrected chi connectivity index (χ0v) is 17.1. The van der Waals surface area contributed by atoms with E-state index >= 15 is 0 Å². The Balaban J connectivity index is 1.72. The maximum absolute atomic E-state index is 13.0. The molecule has 2 N–H and O–H groups in total. The Morgan fingerprint density at radius 3 is 2.59 bits per heavy atom. The van der Waals surface area contributed by atoms with Crippen molar-refractivity contribution < 1.29 is 14.4 Å². The van der Waals surface area contributed by atoms with Crippen molar-refractivity contribution in [3.63, 3.8) is 0 Å². The van der Waals surface area contributed by atoms with E-state index in [2.05, 4.69) is 31.4 Å². The number of carbonyl (C=O) groups excluding carboxylic acids is 3. The smallest absolute Gasteiger partial charge is 0.324 e. The van der Waals surface area contributed by atoms with Crippen LogP contribution in [0.3, 0.4) is 0 Å². The first-order valence-corrected chi connectivity index (χ1v) is 9.66. The first-order chi connectivity index (χ1) is 12.5. The van der Waals surface area contributed by atoms with Gasteiger partial charge in [0.1, 0.15) is 12.1 Å². The molecule has 1 heterocycles. The fourth-order valence-electron chi connectivity index (χ4n) is 4.57. The lowest BCUT2D eigenvalue weighted by Crippen LogP contribution is -2.54. The molecule has 2 unspecified atom stereocenters. The number of imide groups is 1. The molecule has 1 aromatic rings. The highest BCUT2D eigenvalue weighted by Crippen LogP contribution is 2.46. The van der Waals surface area contributed by atoms with Gasteiger partial charge in [0.2, 0.25) is 5.91 Å². The molecule has 6 nitrogen and oxygen atoms in total.